The van der Waals surface area contributed by atoms with Gasteiger partial charge in [-0.2, -0.15) is 0 Å². The van der Waals surface area contributed by atoms with Crippen LogP contribution in [0.2, 0.25) is 0 Å². The highest BCUT2D eigenvalue weighted by atomic mass is 32.2. The summed E-state index contributed by atoms with van der Waals surface area (Å²) in [6.45, 7) is 1.32. The fourth-order valence-electron chi connectivity index (χ4n) is 2.52. The monoisotopic (exact) mass is 277 g/mol. The zero-order chi connectivity index (χ0) is 13.6. The largest absolute Gasteiger partial charge is 0.481 e. The Kier molecular flexibility index (Phi) is 6.08. The van der Waals surface area contributed by atoms with Gasteiger partial charge in [-0.25, -0.2) is 8.42 Å². The number of aliphatic carboxylic acids is 1. The molecule has 106 valence electrons. The molecule has 0 bridgehead atoms. The van der Waals surface area contributed by atoms with Gasteiger partial charge in [-0.3, -0.25) is 4.79 Å². The van der Waals surface area contributed by atoms with E-state index in [1.165, 1.54) is 6.26 Å². The smallest absolute Gasteiger partial charge is 0.306 e. The first-order valence-electron chi connectivity index (χ1n) is 6.51. The Morgan fingerprint density at radius 1 is 1.33 bits per heavy atom. The molecule has 1 fully saturated rings. The van der Waals surface area contributed by atoms with Gasteiger partial charge < -0.3 is 10.4 Å². The normalized spacial score (nSPS) is 24.9. The summed E-state index contributed by atoms with van der Waals surface area (Å²) >= 11 is 0. The van der Waals surface area contributed by atoms with Gasteiger partial charge >= 0.3 is 5.97 Å². The van der Waals surface area contributed by atoms with Gasteiger partial charge in [0.1, 0.15) is 9.84 Å². The van der Waals surface area contributed by atoms with E-state index in [1.54, 1.807) is 0 Å². The van der Waals surface area contributed by atoms with Crippen molar-refractivity contribution in [2.24, 2.45) is 11.8 Å². The molecule has 2 N–H and O–H groups in total. The summed E-state index contributed by atoms with van der Waals surface area (Å²) in [7, 11) is -2.89. The van der Waals surface area contributed by atoms with Crippen molar-refractivity contribution in [3.05, 3.63) is 0 Å². The first kappa shape index (κ1) is 15.4. The number of hydrogen-bond acceptors (Lipinski definition) is 4. The number of nitrogens with one attached hydrogen (secondary N) is 1. The van der Waals surface area contributed by atoms with Gasteiger partial charge in [0.15, 0.2) is 0 Å². The molecule has 0 aromatic rings. The third kappa shape index (κ3) is 5.82. The second-order valence-corrected chi connectivity index (χ2v) is 7.44. The van der Waals surface area contributed by atoms with Crippen LogP contribution in [0.1, 0.15) is 32.1 Å². The third-order valence-electron chi connectivity index (χ3n) is 3.50. The van der Waals surface area contributed by atoms with Gasteiger partial charge in [0, 0.05) is 6.26 Å². The van der Waals surface area contributed by atoms with Crippen LogP contribution in [0, 0.1) is 11.8 Å². The summed E-state index contributed by atoms with van der Waals surface area (Å²) in [6, 6.07) is 0. The maximum absolute atomic E-state index is 11.1. The van der Waals surface area contributed by atoms with Crippen molar-refractivity contribution < 1.29 is 18.3 Å². The molecule has 0 saturated heterocycles. The maximum atomic E-state index is 11.1. The van der Waals surface area contributed by atoms with Crippen molar-refractivity contribution in [3.63, 3.8) is 0 Å². The molecule has 1 saturated carbocycles. The van der Waals surface area contributed by atoms with E-state index < -0.39 is 15.8 Å². The zero-order valence-electron chi connectivity index (χ0n) is 10.9. The summed E-state index contributed by atoms with van der Waals surface area (Å²) in [5.74, 6) is -0.555. The van der Waals surface area contributed by atoms with E-state index in [2.05, 4.69) is 5.32 Å². The highest BCUT2D eigenvalue weighted by Gasteiger charge is 2.30. The van der Waals surface area contributed by atoms with Crippen LogP contribution in [0.15, 0.2) is 0 Å². The summed E-state index contributed by atoms with van der Waals surface area (Å²) in [5, 5.41) is 12.3. The summed E-state index contributed by atoms with van der Waals surface area (Å²) < 4.78 is 21.9. The Labute approximate surface area is 109 Å². The second-order valence-electron chi connectivity index (χ2n) is 5.18. The van der Waals surface area contributed by atoms with Gasteiger partial charge in [-0.1, -0.05) is 12.8 Å². The quantitative estimate of drug-likeness (QED) is 0.676. The minimum absolute atomic E-state index is 0.188. The molecule has 1 aliphatic carbocycles. The van der Waals surface area contributed by atoms with Crippen molar-refractivity contribution in [3.8, 4) is 0 Å². The number of sulfone groups is 1. The highest BCUT2D eigenvalue weighted by Crippen LogP contribution is 2.29. The Hall–Kier alpha value is -0.620. The summed E-state index contributed by atoms with van der Waals surface area (Å²) in [4.78, 5) is 11.1. The molecule has 6 heteroatoms. The van der Waals surface area contributed by atoms with Crippen LogP contribution in [0.3, 0.4) is 0 Å². The molecule has 2 atom stereocenters. The van der Waals surface area contributed by atoms with Crippen LogP contribution in [0.5, 0.6) is 0 Å². The lowest BCUT2D eigenvalue weighted by atomic mass is 9.79. The van der Waals surface area contributed by atoms with Crippen LogP contribution >= 0.6 is 0 Å². The highest BCUT2D eigenvalue weighted by molar-refractivity contribution is 7.90. The Morgan fingerprint density at radius 2 is 2.00 bits per heavy atom. The number of carboxylic acids is 1. The van der Waals surface area contributed by atoms with Gasteiger partial charge in [0.05, 0.1) is 11.7 Å². The Balaban J connectivity index is 2.23. The fourth-order valence-corrected chi connectivity index (χ4v) is 3.19. The first-order valence-corrected chi connectivity index (χ1v) is 8.57. The Bertz CT molecular complexity index is 366. The number of hydrogen-bond donors (Lipinski definition) is 2. The average Bonchev–Trinajstić information content (AvgIpc) is 2.27. The molecular formula is C12H23NO4S. The lowest BCUT2D eigenvalue weighted by molar-refractivity contribution is -0.144. The average molecular weight is 277 g/mol. The molecular weight excluding hydrogens is 254 g/mol. The molecule has 0 aromatic heterocycles. The van der Waals surface area contributed by atoms with Crippen LogP contribution in [-0.2, 0) is 14.6 Å². The molecule has 2 unspecified atom stereocenters. The Morgan fingerprint density at radius 3 is 2.61 bits per heavy atom. The van der Waals surface area contributed by atoms with Crippen molar-refractivity contribution >= 4 is 15.8 Å². The maximum Gasteiger partial charge on any atom is 0.306 e. The van der Waals surface area contributed by atoms with E-state index in [-0.39, 0.29) is 17.6 Å². The lowest BCUT2D eigenvalue weighted by Gasteiger charge is -2.28. The molecule has 5 nitrogen and oxygen atoms in total. The second kappa shape index (κ2) is 7.09. The van der Waals surface area contributed by atoms with E-state index in [0.717, 1.165) is 25.7 Å². The van der Waals surface area contributed by atoms with Crippen molar-refractivity contribution in [2.45, 2.75) is 32.1 Å². The van der Waals surface area contributed by atoms with E-state index in [9.17, 15) is 13.2 Å². The van der Waals surface area contributed by atoms with Gasteiger partial charge in [-0.15, -0.1) is 0 Å². The predicted octanol–water partition coefficient (Wildman–Crippen LogP) is 0.902. The molecule has 0 aliphatic heterocycles. The van der Waals surface area contributed by atoms with Crippen molar-refractivity contribution in [1.29, 1.82) is 0 Å². The SMILES string of the molecule is CS(=O)(=O)CCCNCC1CCCCC1C(=O)O. The topological polar surface area (TPSA) is 83.5 Å². The minimum Gasteiger partial charge on any atom is -0.481 e. The number of rotatable bonds is 7. The molecule has 1 aliphatic rings. The molecule has 0 heterocycles. The van der Waals surface area contributed by atoms with Crippen LogP contribution in [0.25, 0.3) is 0 Å². The molecule has 0 radical (unpaired) electrons. The molecule has 0 spiro atoms. The molecule has 0 aromatic carbocycles. The fraction of sp³-hybridized carbons (Fsp3) is 0.917. The lowest BCUT2D eigenvalue weighted by Crippen LogP contribution is -2.35. The number of carboxylic acid groups (broad SMARTS) is 1. The van der Waals surface area contributed by atoms with Crippen molar-refractivity contribution in [1.82, 2.24) is 5.32 Å². The molecule has 1 rings (SSSR count). The van der Waals surface area contributed by atoms with Crippen LogP contribution in [0.4, 0.5) is 0 Å². The van der Waals surface area contributed by atoms with E-state index in [4.69, 9.17) is 5.11 Å². The standard InChI is InChI=1S/C12H23NO4S/c1-18(16,17)8-4-7-13-9-10-5-2-3-6-11(10)12(14)15/h10-11,13H,2-9H2,1H3,(H,14,15). The van der Waals surface area contributed by atoms with Crippen molar-refractivity contribution in [2.75, 3.05) is 25.1 Å². The van der Waals surface area contributed by atoms with E-state index in [1.807, 2.05) is 0 Å². The third-order valence-corrected chi connectivity index (χ3v) is 4.53. The van der Waals surface area contributed by atoms with Gasteiger partial charge in [-0.05, 0) is 38.3 Å². The molecule has 0 amide bonds. The summed E-state index contributed by atoms with van der Waals surface area (Å²) in [5.41, 5.74) is 0. The van der Waals surface area contributed by atoms with Gasteiger partial charge in [0.25, 0.3) is 0 Å². The first-order chi connectivity index (χ1) is 8.40. The van der Waals surface area contributed by atoms with Crippen LogP contribution in [-0.4, -0.2) is 44.6 Å². The molecule has 18 heavy (non-hydrogen) atoms. The predicted molar refractivity (Wildman–Crippen MR) is 70.3 cm³/mol. The summed E-state index contributed by atoms with van der Waals surface area (Å²) in [6.07, 6.45) is 5.64. The van der Waals surface area contributed by atoms with E-state index >= 15 is 0 Å². The van der Waals surface area contributed by atoms with Crippen LogP contribution < -0.4 is 5.32 Å². The van der Waals surface area contributed by atoms with Gasteiger partial charge in [0.2, 0.25) is 0 Å². The minimum atomic E-state index is -2.89. The number of carbonyl (C=O) groups is 1. The van der Waals surface area contributed by atoms with E-state index in [0.29, 0.717) is 19.5 Å². The zero-order valence-corrected chi connectivity index (χ0v) is 11.7.